The Morgan fingerprint density at radius 1 is 0.943 bits per heavy atom. The van der Waals surface area contributed by atoms with Gasteiger partial charge >= 0.3 is 0 Å². The fourth-order valence-electron chi connectivity index (χ4n) is 5.97. The number of benzene rings is 3. The maximum Gasteiger partial charge on any atom is 0.294 e. The van der Waals surface area contributed by atoms with E-state index < -0.39 is 20.1 Å². The number of sulfonamides is 1. The number of hydrogen-bond acceptors (Lipinski definition) is 8. The summed E-state index contributed by atoms with van der Waals surface area (Å²) < 4.78 is 58.9. The molecule has 0 atom stereocenters. The van der Waals surface area contributed by atoms with Crippen LogP contribution in [-0.4, -0.2) is 75.2 Å². The topological polar surface area (TPSA) is 207 Å². The van der Waals surface area contributed by atoms with Crippen molar-refractivity contribution in [3.05, 3.63) is 99.3 Å². The van der Waals surface area contributed by atoms with Gasteiger partial charge in [-0.3, -0.25) is 23.7 Å². The van der Waals surface area contributed by atoms with Crippen molar-refractivity contribution in [2.45, 2.75) is 43.9 Å². The van der Waals surface area contributed by atoms with Crippen molar-refractivity contribution >= 4 is 78.2 Å². The molecule has 6 N–H and O–H groups in total. The third kappa shape index (κ3) is 9.15. The number of aromatic amines is 1. The fraction of sp³-hybridized carbons (Fsp3) is 0.250. The van der Waals surface area contributed by atoms with Crippen molar-refractivity contribution in [1.82, 2.24) is 15.2 Å². The first-order valence-electron chi connectivity index (χ1n) is 16.6. The molecular formula is C36H39ClN6O8S2. The summed E-state index contributed by atoms with van der Waals surface area (Å²) >= 11 is 5.99. The average Bonchev–Trinajstić information content (AvgIpc) is 3.72. The molecule has 0 saturated carbocycles. The van der Waals surface area contributed by atoms with Crippen molar-refractivity contribution in [3.63, 3.8) is 0 Å². The van der Waals surface area contributed by atoms with Crippen LogP contribution < -0.4 is 20.7 Å². The normalized spacial score (nSPS) is 14.3. The van der Waals surface area contributed by atoms with Gasteiger partial charge < -0.3 is 25.8 Å². The zero-order chi connectivity index (χ0) is 38.7. The average molecular weight is 783 g/mol. The zero-order valence-electron chi connectivity index (χ0n) is 29.3. The number of hydrogen-bond donors (Lipinski definition) is 6. The van der Waals surface area contributed by atoms with E-state index in [9.17, 15) is 31.2 Å². The van der Waals surface area contributed by atoms with E-state index in [2.05, 4.69) is 44.4 Å². The number of fused-ring (bicyclic) bond motifs is 2. The Bertz CT molecular complexity index is 2350. The maximum atomic E-state index is 13.1. The van der Waals surface area contributed by atoms with Crippen LogP contribution in [0.25, 0.3) is 11.6 Å². The first kappa shape index (κ1) is 39.2. The van der Waals surface area contributed by atoms with Crippen LogP contribution in [0.2, 0.25) is 5.02 Å². The van der Waals surface area contributed by atoms with Gasteiger partial charge in [0.2, 0.25) is 5.91 Å². The van der Waals surface area contributed by atoms with E-state index in [0.29, 0.717) is 67.8 Å². The molecule has 53 heavy (non-hydrogen) atoms. The van der Waals surface area contributed by atoms with Gasteiger partial charge in [0.05, 0.1) is 33.0 Å². The van der Waals surface area contributed by atoms with Crippen molar-refractivity contribution < 1.29 is 35.8 Å². The highest BCUT2D eigenvalue weighted by molar-refractivity contribution is 7.92. The smallest absolute Gasteiger partial charge is 0.294 e. The Hall–Kier alpha value is -5.00. The van der Waals surface area contributed by atoms with E-state index in [4.69, 9.17) is 16.2 Å². The molecule has 0 unspecified atom stereocenters. The highest BCUT2D eigenvalue weighted by Gasteiger charge is 2.28. The molecular weight excluding hydrogens is 744 g/mol. The van der Waals surface area contributed by atoms with E-state index in [1.54, 1.807) is 30.3 Å². The molecule has 0 aliphatic carbocycles. The number of aryl methyl sites for hydroxylation is 1. The van der Waals surface area contributed by atoms with E-state index in [0.717, 1.165) is 19.6 Å². The molecule has 2 aliphatic heterocycles. The third-order valence-corrected chi connectivity index (χ3v) is 11.2. The van der Waals surface area contributed by atoms with Crippen molar-refractivity contribution in [3.8, 4) is 0 Å². The minimum atomic E-state index is -4.18. The van der Waals surface area contributed by atoms with Gasteiger partial charge in [-0.2, -0.15) is 8.42 Å². The summed E-state index contributed by atoms with van der Waals surface area (Å²) in [7, 11) is -8.13. The number of carbonyl (C=O) groups is 3. The van der Waals surface area contributed by atoms with Crippen molar-refractivity contribution in [2.24, 2.45) is 0 Å². The van der Waals surface area contributed by atoms with Crippen LogP contribution in [0.4, 0.5) is 17.1 Å². The first-order chi connectivity index (χ1) is 25.0. The monoisotopic (exact) mass is 782 g/mol. The van der Waals surface area contributed by atoms with Gasteiger partial charge in [-0.25, -0.2) is 8.42 Å². The lowest BCUT2D eigenvalue weighted by Gasteiger charge is -2.18. The van der Waals surface area contributed by atoms with E-state index in [1.165, 1.54) is 36.4 Å². The highest BCUT2D eigenvalue weighted by atomic mass is 35.5. The summed E-state index contributed by atoms with van der Waals surface area (Å²) in [5.41, 5.74) is 5.28. The van der Waals surface area contributed by atoms with Crippen LogP contribution >= 0.6 is 11.6 Å². The Morgan fingerprint density at radius 3 is 2.32 bits per heavy atom. The minimum Gasteiger partial charge on any atom is -0.358 e. The van der Waals surface area contributed by atoms with Gasteiger partial charge in [0, 0.05) is 46.4 Å². The molecule has 0 spiro atoms. The van der Waals surface area contributed by atoms with Gasteiger partial charge in [-0.15, -0.1) is 0 Å². The molecule has 14 nitrogen and oxygen atoms in total. The Kier molecular flexibility index (Phi) is 11.8. The number of H-pyrrole nitrogens is 1. The van der Waals surface area contributed by atoms with Gasteiger partial charge in [-0.1, -0.05) is 31.5 Å². The van der Waals surface area contributed by atoms with Gasteiger partial charge in [0.1, 0.15) is 0 Å². The predicted molar refractivity (Wildman–Crippen MR) is 204 cm³/mol. The molecule has 17 heteroatoms. The van der Waals surface area contributed by atoms with Crippen LogP contribution in [0.1, 0.15) is 52.3 Å². The number of nitrogens with zero attached hydrogens (tertiary/aromatic N) is 1. The van der Waals surface area contributed by atoms with E-state index >= 15 is 0 Å². The van der Waals surface area contributed by atoms with Gasteiger partial charge in [0.25, 0.3) is 32.0 Å². The SMILES string of the molecule is CCN(CC)CCNC(=O)c1c(C)[nH]c(C=C2C(=O)Nc3ccc(S(=O)(=O)Nc4cccc(Cl)c4)cc32)c1C.O=C1Cc2cc(S(=O)(=O)O)ccc2N1. The van der Waals surface area contributed by atoms with Crippen LogP contribution in [0.15, 0.2) is 70.5 Å². The van der Waals surface area contributed by atoms with E-state index in [1.807, 2.05) is 13.8 Å². The first-order valence-corrected chi connectivity index (χ1v) is 19.9. The summed E-state index contributed by atoms with van der Waals surface area (Å²) in [4.78, 5) is 42.0. The number of carbonyl (C=O) groups excluding carboxylic acids is 3. The minimum absolute atomic E-state index is 0.00344. The quantitative estimate of drug-likeness (QED) is 0.0885. The maximum absolute atomic E-state index is 13.1. The van der Waals surface area contributed by atoms with Crippen LogP contribution in [0, 0.1) is 13.8 Å². The molecule has 0 fully saturated rings. The number of aromatic nitrogens is 1. The number of rotatable bonds is 11. The van der Waals surface area contributed by atoms with Crippen molar-refractivity contribution in [1.29, 1.82) is 0 Å². The predicted octanol–water partition coefficient (Wildman–Crippen LogP) is 5.08. The van der Waals surface area contributed by atoms with E-state index in [-0.39, 0.29) is 33.9 Å². The third-order valence-electron chi connectivity index (χ3n) is 8.76. The molecule has 0 saturated heterocycles. The Labute approximate surface area is 312 Å². The molecule has 4 aromatic rings. The molecule has 0 radical (unpaired) electrons. The second kappa shape index (κ2) is 15.9. The Morgan fingerprint density at radius 2 is 1.64 bits per heavy atom. The summed E-state index contributed by atoms with van der Waals surface area (Å²) in [6.07, 6.45) is 1.80. The zero-order valence-corrected chi connectivity index (χ0v) is 31.7. The van der Waals surface area contributed by atoms with Crippen LogP contribution in [0.5, 0.6) is 0 Å². The summed E-state index contributed by atoms with van der Waals surface area (Å²) in [6.45, 7) is 10.9. The standard InChI is InChI=1S/C28H32ClN5O4S.C8H7NO4S/c1-5-34(6-2)13-12-30-28(36)26-17(3)25(31-18(26)4)16-23-22-15-21(10-11-24(22)32-27(23)35)39(37,38)33-20-9-7-8-19(29)14-20;10-8-4-5-3-6(14(11,12)13)1-2-7(5)9-8/h7-11,14-16,31,33H,5-6,12-13H2,1-4H3,(H,30,36)(H,32,35);1-3H,4H2,(H,9,10)(H,11,12,13). The number of nitrogens with one attached hydrogen (secondary N) is 5. The lowest BCUT2D eigenvalue weighted by molar-refractivity contribution is -0.115. The fourth-order valence-corrected chi connectivity index (χ4v) is 7.77. The Balaban J connectivity index is 0.000000322. The van der Waals surface area contributed by atoms with Crippen LogP contribution in [-0.2, 0) is 36.2 Å². The van der Waals surface area contributed by atoms with Gasteiger partial charge in [0.15, 0.2) is 0 Å². The second-order valence-corrected chi connectivity index (χ2v) is 15.8. The lowest BCUT2D eigenvalue weighted by Crippen LogP contribution is -2.35. The summed E-state index contributed by atoms with van der Waals surface area (Å²) in [6, 6.07) is 14.9. The number of amides is 3. The van der Waals surface area contributed by atoms with Crippen molar-refractivity contribution in [2.75, 3.05) is 41.5 Å². The molecule has 3 amide bonds. The molecule has 3 heterocycles. The van der Waals surface area contributed by atoms with Crippen LogP contribution in [0.3, 0.4) is 0 Å². The molecule has 280 valence electrons. The lowest BCUT2D eigenvalue weighted by atomic mass is 10.0. The molecule has 6 rings (SSSR count). The number of halogens is 1. The van der Waals surface area contributed by atoms with Gasteiger partial charge in [-0.05, 0) is 98.7 Å². The largest absolute Gasteiger partial charge is 0.358 e. The number of likely N-dealkylation sites (N-methyl/N-ethyl adjacent to an activating group) is 1. The molecule has 2 aliphatic rings. The molecule has 1 aromatic heterocycles. The highest BCUT2D eigenvalue weighted by Crippen LogP contribution is 2.36. The number of anilines is 3. The molecule has 0 bridgehead atoms. The summed E-state index contributed by atoms with van der Waals surface area (Å²) in [5, 5.41) is 8.72. The molecule has 3 aromatic carbocycles. The summed E-state index contributed by atoms with van der Waals surface area (Å²) in [5.74, 6) is -0.721. The second-order valence-electron chi connectivity index (χ2n) is 12.3.